The van der Waals surface area contributed by atoms with Crippen LogP contribution in [0.4, 0.5) is 5.69 Å². The van der Waals surface area contributed by atoms with Crippen molar-refractivity contribution in [3.05, 3.63) is 36.2 Å². The van der Waals surface area contributed by atoms with Crippen LogP contribution in [0, 0.1) is 5.41 Å². The highest BCUT2D eigenvalue weighted by atomic mass is 32.2. The van der Waals surface area contributed by atoms with Gasteiger partial charge in [-0.25, -0.2) is 0 Å². The van der Waals surface area contributed by atoms with Gasteiger partial charge in [-0.2, -0.15) is 0 Å². The summed E-state index contributed by atoms with van der Waals surface area (Å²) in [6, 6.07) is 7.50. The highest BCUT2D eigenvalue weighted by Gasteiger charge is 2.26. The predicted molar refractivity (Wildman–Crippen MR) is 97.9 cm³/mol. The zero-order valence-corrected chi connectivity index (χ0v) is 15.5. The molecule has 1 fully saturated rings. The van der Waals surface area contributed by atoms with Crippen LogP contribution in [0.3, 0.4) is 0 Å². The van der Waals surface area contributed by atoms with Crippen molar-refractivity contribution in [3.8, 4) is 0 Å². The van der Waals surface area contributed by atoms with Crippen molar-refractivity contribution in [1.82, 2.24) is 14.8 Å². The van der Waals surface area contributed by atoms with Gasteiger partial charge in [-0.05, 0) is 37.1 Å². The molecule has 1 amide bonds. The summed E-state index contributed by atoms with van der Waals surface area (Å²) in [4.78, 5) is 24.3. The summed E-state index contributed by atoms with van der Waals surface area (Å²) < 4.78 is 2.04. The molecule has 3 rings (SSSR count). The first-order valence-corrected chi connectivity index (χ1v) is 9.30. The first-order chi connectivity index (χ1) is 11.8. The Labute approximate surface area is 151 Å². The summed E-state index contributed by atoms with van der Waals surface area (Å²) in [6.07, 6.45) is 4.04. The van der Waals surface area contributed by atoms with Crippen molar-refractivity contribution in [2.75, 3.05) is 11.1 Å². The molecule has 0 spiro atoms. The Morgan fingerprint density at radius 2 is 1.92 bits per heavy atom. The first-order valence-electron chi connectivity index (χ1n) is 8.31. The molecular weight excluding hydrogens is 336 g/mol. The van der Waals surface area contributed by atoms with E-state index < -0.39 is 5.41 Å². The second-order valence-corrected chi connectivity index (χ2v) is 8.19. The largest absolute Gasteiger partial charge is 0.326 e. The summed E-state index contributed by atoms with van der Waals surface area (Å²) in [5, 5.41) is 11.7. The van der Waals surface area contributed by atoms with Crippen molar-refractivity contribution >= 4 is 29.1 Å². The van der Waals surface area contributed by atoms with Crippen LogP contribution in [0.2, 0.25) is 0 Å². The number of amides is 1. The van der Waals surface area contributed by atoms with E-state index >= 15 is 0 Å². The van der Waals surface area contributed by atoms with Gasteiger partial charge in [0.05, 0.1) is 5.75 Å². The number of nitrogens with one attached hydrogen (secondary N) is 1. The van der Waals surface area contributed by atoms with Gasteiger partial charge in [-0.1, -0.05) is 32.5 Å². The number of hydrogen-bond acceptors (Lipinski definition) is 5. The Balaban J connectivity index is 1.57. The lowest BCUT2D eigenvalue weighted by Gasteiger charge is -2.17. The van der Waals surface area contributed by atoms with E-state index in [9.17, 15) is 9.59 Å². The first kappa shape index (κ1) is 17.7. The SMILES string of the molecule is CC(C)(C)C(=O)Nc1ccc(C(=O)CSc2nncn2C2CC2)cc1. The van der Waals surface area contributed by atoms with E-state index in [1.807, 2.05) is 25.3 Å². The van der Waals surface area contributed by atoms with Gasteiger partial charge in [0.2, 0.25) is 5.91 Å². The normalized spacial score (nSPS) is 14.4. The maximum Gasteiger partial charge on any atom is 0.229 e. The molecule has 0 aliphatic heterocycles. The highest BCUT2D eigenvalue weighted by molar-refractivity contribution is 7.99. The van der Waals surface area contributed by atoms with Crippen LogP contribution in [-0.4, -0.2) is 32.2 Å². The van der Waals surface area contributed by atoms with E-state index in [4.69, 9.17) is 0 Å². The molecule has 1 aliphatic rings. The summed E-state index contributed by atoms with van der Waals surface area (Å²) >= 11 is 1.41. The van der Waals surface area contributed by atoms with Crippen molar-refractivity contribution in [3.63, 3.8) is 0 Å². The fourth-order valence-electron chi connectivity index (χ4n) is 2.21. The van der Waals surface area contributed by atoms with Crippen LogP contribution in [0.5, 0.6) is 0 Å². The number of anilines is 1. The Bertz CT molecular complexity index is 773. The van der Waals surface area contributed by atoms with Crippen molar-refractivity contribution in [2.24, 2.45) is 5.41 Å². The molecule has 1 aromatic carbocycles. The maximum atomic E-state index is 12.4. The molecule has 1 aliphatic carbocycles. The maximum absolute atomic E-state index is 12.4. The van der Waals surface area contributed by atoms with E-state index in [-0.39, 0.29) is 11.7 Å². The second-order valence-electron chi connectivity index (χ2n) is 7.25. The summed E-state index contributed by atoms with van der Waals surface area (Å²) in [5.41, 5.74) is 0.860. The number of carbonyl (C=O) groups is 2. The van der Waals surface area contributed by atoms with Crippen molar-refractivity contribution in [1.29, 1.82) is 0 Å². The molecule has 0 saturated heterocycles. The number of nitrogens with zero attached hydrogens (tertiary/aromatic N) is 3. The zero-order chi connectivity index (χ0) is 18.0. The van der Waals surface area contributed by atoms with Crippen LogP contribution in [-0.2, 0) is 4.79 Å². The number of hydrogen-bond donors (Lipinski definition) is 1. The van der Waals surface area contributed by atoms with E-state index in [1.54, 1.807) is 30.6 Å². The van der Waals surface area contributed by atoms with Crippen molar-refractivity contribution in [2.45, 2.75) is 44.8 Å². The Morgan fingerprint density at radius 1 is 1.24 bits per heavy atom. The van der Waals surface area contributed by atoms with Crippen LogP contribution in [0.25, 0.3) is 0 Å². The predicted octanol–water partition coefficient (Wildman–Crippen LogP) is 3.57. The lowest BCUT2D eigenvalue weighted by atomic mass is 9.95. The molecule has 0 unspecified atom stereocenters. The third kappa shape index (κ3) is 4.48. The number of aromatic nitrogens is 3. The molecular formula is C18H22N4O2S. The average molecular weight is 358 g/mol. The third-order valence-electron chi connectivity index (χ3n) is 3.96. The topological polar surface area (TPSA) is 76.9 Å². The van der Waals surface area contributed by atoms with Gasteiger partial charge in [-0.3, -0.25) is 9.59 Å². The van der Waals surface area contributed by atoms with Gasteiger partial charge in [0, 0.05) is 22.7 Å². The van der Waals surface area contributed by atoms with Gasteiger partial charge in [-0.15, -0.1) is 10.2 Å². The standard InChI is InChI=1S/C18H22N4O2S/c1-18(2,3)16(24)20-13-6-4-12(5-7-13)15(23)10-25-17-21-19-11-22(17)14-8-9-14/h4-7,11,14H,8-10H2,1-3H3,(H,20,24). The fraction of sp³-hybridized carbons (Fsp3) is 0.444. The molecule has 6 nitrogen and oxygen atoms in total. The summed E-state index contributed by atoms with van der Waals surface area (Å²) in [5.74, 6) is 0.296. The lowest BCUT2D eigenvalue weighted by Crippen LogP contribution is -2.27. The number of rotatable bonds is 6. The summed E-state index contributed by atoms with van der Waals surface area (Å²) in [6.45, 7) is 5.58. The molecule has 7 heteroatoms. The minimum absolute atomic E-state index is 0.0315. The van der Waals surface area contributed by atoms with Crippen LogP contribution >= 0.6 is 11.8 Å². The van der Waals surface area contributed by atoms with E-state index in [2.05, 4.69) is 15.5 Å². The van der Waals surface area contributed by atoms with Gasteiger partial charge in [0.1, 0.15) is 6.33 Å². The molecule has 132 valence electrons. The fourth-order valence-corrected chi connectivity index (χ4v) is 3.09. The zero-order valence-electron chi connectivity index (χ0n) is 14.7. The minimum atomic E-state index is -0.456. The number of Topliss-reactive ketones (excluding diaryl/α,β-unsaturated/α-hetero) is 1. The number of ketones is 1. The van der Waals surface area contributed by atoms with Gasteiger partial charge in [0.25, 0.3) is 0 Å². The van der Waals surface area contributed by atoms with Crippen molar-refractivity contribution < 1.29 is 9.59 Å². The second kappa shape index (κ2) is 7.00. The van der Waals surface area contributed by atoms with Crippen LogP contribution in [0.1, 0.15) is 50.0 Å². The molecule has 1 heterocycles. The van der Waals surface area contributed by atoms with E-state index in [0.717, 1.165) is 18.0 Å². The molecule has 0 bridgehead atoms. The smallest absolute Gasteiger partial charge is 0.229 e. The minimum Gasteiger partial charge on any atom is -0.326 e. The number of thioether (sulfide) groups is 1. The third-order valence-corrected chi connectivity index (χ3v) is 4.92. The van der Waals surface area contributed by atoms with Crippen LogP contribution in [0.15, 0.2) is 35.7 Å². The molecule has 2 aromatic rings. The van der Waals surface area contributed by atoms with E-state index in [0.29, 0.717) is 23.0 Å². The summed E-state index contributed by atoms with van der Waals surface area (Å²) in [7, 11) is 0. The monoisotopic (exact) mass is 358 g/mol. The Hall–Kier alpha value is -2.15. The Kier molecular flexibility index (Phi) is 4.94. The quantitative estimate of drug-likeness (QED) is 0.631. The molecule has 0 atom stereocenters. The molecule has 1 N–H and O–H groups in total. The van der Waals surface area contributed by atoms with Gasteiger partial charge in [0.15, 0.2) is 10.9 Å². The molecule has 0 radical (unpaired) electrons. The Morgan fingerprint density at radius 3 is 2.52 bits per heavy atom. The molecule has 25 heavy (non-hydrogen) atoms. The number of carbonyl (C=O) groups excluding carboxylic acids is 2. The van der Waals surface area contributed by atoms with Gasteiger partial charge < -0.3 is 9.88 Å². The highest BCUT2D eigenvalue weighted by Crippen LogP contribution is 2.37. The van der Waals surface area contributed by atoms with Crippen LogP contribution < -0.4 is 5.32 Å². The average Bonchev–Trinajstić information content (AvgIpc) is 3.30. The molecule has 1 aromatic heterocycles. The number of benzene rings is 1. The lowest BCUT2D eigenvalue weighted by molar-refractivity contribution is -0.123. The van der Waals surface area contributed by atoms with Gasteiger partial charge >= 0.3 is 0 Å². The molecule has 1 saturated carbocycles. The van der Waals surface area contributed by atoms with E-state index in [1.165, 1.54) is 11.8 Å².